The molecule has 0 amide bonds. The first-order valence-electron chi connectivity index (χ1n) is 4.47. The van der Waals surface area contributed by atoms with Gasteiger partial charge in [0.25, 0.3) is 0 Å². The van der Waals surface area contributed by atoms with Gasteiger partial charge in [0.15, 0.2) is 0 Å². The van der Waals surface area contributed by atoms with E-state index >= 15 is 0 Å². The van der Waals surface area contributed by atoms with E-state index in [0.717, 1.165) is 23.3 Å². The van der Waals surface area contributed by atoms with Crippen LogP contribution in [0.5, 0.6) is 5.75 Å². The Labute approximate surface area is 77.5 Å². The van der Waals surface area contributed by atoms with Crippen molar-refractivity contribution < 1.29 is 9.53 Å². The fourth-order valence-electron chi connectivity index (χ4n) is 1.78. The fourth-order valence-corrected chi connectivity index (χ4v) is 1.78. The molecular weight excluding hydrogens is 164 g/mol. The van der Waals surface area contributed by atoms with E-state index in [4.69, 9.17) is 4.74 Å². The van der Waals surface area contributed by atoms with Gasteiger partial charge in [-0.25, -0.2) is 0 Å². The Morgan fingerprint density at radius 1 is 1.23 bits per heavy atom. The maximum absolute atomic E-state index is 11.0. The van der Waals surface area contributed by atoms with Gasteiger partial charge in [0.05, 0.1) is 6.42 Å². The maximum Gasteiger partial charge on any atom is 0.311 e. The van der Waals surface area contributed by atoms with Crippen LogP contribution in [0, 0.1) is 13.8 Å². The van der Waals surface area contributed by atoms with Crippen LogP contribution in [0.1, 0.15) is 23.1 Å². The third kappa shape index (κ3) is 1.44. The van der Waals surface area contributed by atoms with Crippen LogP contribution in [0.2, 0.25) is 0 Å². The molecule has 2 heteroatoms. The largest absolute Gasteiger partial charge is 0.426 e. The molecule has 1 aliphatic heterocycles. The number of fused-ring (bicyclic) bond motifs is 1. The van der Waals surface area contributed by atoms with E-state index in [1.54, 1.807) is 0 Å². The lowest BCUT2D eigenvalue weighted by molar-refractivity contribution is -0.135. The number of ether oxygens (including phenoxy) is 1. The molecule has 0 bridgehead atoms. The van der Waals surface area contributed by atoms with Crippen molar-refractivity contribution in [3.8, 4) is 5.75 Å². The quantitative estimate of drug-likeness (QED) is 0.447. The molecule has 2 nitrogen and oxygen atoms in total. The zero-order chi connectivity index (χ0) is 9.42. The van der Waals surface area contributed by atoms with Gasteiger partial charge in [-0.05, 0) is 31.4 Å². The molecule has 0 atom stereocenters. The summed E-state index contributed by atoms with van der Waals surface area (Å²) in [5, 5.41) is 0. The number of rotatable bonds is 0. The predicted octanol–water partition coefficient (Wildman–Crippen LogP) is 2.16. The SMILES string of the molecule is Cc1cc(C)c2c(c1)CCC(=O)O2. The highest BCUT2D eigenvalue weighted by Gasteiger charge is 2.18. The molecule has 0 unspecified atom stereocenters. The highest BCUT2D eigenvalue weighted by atomic mass is 16.5. The molecule has 68 valence electrons. The number of esters is 1. The molecule has 1 aliphatic rings. The standard InChI is InChI=1S/C11H12O2/c1-7-5-8(2)11-9(6-7)3-4-10(12)13-11/h5-6H,3-4H2,1-2H3. The van der Waals surface area contributed by atoms with Crippen molar-refractivity contribution >= 4 is 5.97 Å². The van der Waals surface area contributed by atoms with Crippen LogP contribution in [0.4, 0.5) is 0 Å². The molecule has 2 rings (SSSR count). The number of hydrogen-bond acceptors (Lipinski definition) is 2. The van der Waals surface area contributed by atoms with Crippen molar-refractivity contribution in [3.63, 3.8) is 0 Å². The van der Waals surface area contributed by atoms with E-state index in [9.17, 15) is 4.79 Å². The maximum atomic E-state index is 11.0. The molecule has 0 saturated carbocycles. The molecule has 0 radical (unpaired) electrons. The van der Waals surface area contributed by atoms with Crippen LogP contribution in [0.25, 0.3) is 0 Å². The summed E-state index contributed by atoms with van der Waals surface area (Å²) in [6.07, 6.45) is 1.33. The second kappa shape index (κ2) is 2.87. The Bertz CT molecular complexity index is 367. The van der Waals surface area contributed by atoms with Crippen molar-refractivity contribution in [2.45, 2.75) is 26.7 Å². The Morgan fingerprint density at radius 2 is 2.00 bits per heavy atom. The van der Waals surface area contributed by atoms with E-state index in [1.165, 1.54) is 5.56 Å². The lowest BCUT2D eigenvalue weighted by atomic mass is 10.00. The topological polar surface area (TPSA) is 26.3 Å². The summed E-state index contributed by atoms with van der Waals surface area (Å²) in [6.45, 7) is 4.04. The molecule has 13 heavy (non-hydrogen) atoms. The number of hydrogen-bond donors (Lipinski definition) is 0. The first-order valence-corrected chi connectivity index (χ1v) is 4.47. The summed E-state index contributed by atoms with van der Waals surface area (Å²) in [4.78, 5) is 11.0. The average Bonchev–Trinajstić information content (AvgIpc) is 2.06. The van der Waals surface area contributed by atoms with Crippen LogP contribution >= 0.6 is 0 Å². The minimum atomic E-state index is -0.112. The molecule has 1 aromatic rings. The van der Waals surface area contributed by atoms with Crippen molar-refractivity contribution in [2.24, 2.45) is 0 Å². The van der Waals surface area contributed by atoms with Crippen LogP contribution in [0.15, 0.2) is 12.1 Å². The van der Waals surface area contributed by atoms with Crippen LogP contribution in [0.3, 0.4) is 0 Å². The Morgan fingerprint density at radius 3 is 2.77 bits per heavy atom. The molecule has 0 aliphatic carbocycles. The molecule has 1 aromatic carbocycles. The highest BCUT2D eigenvalue weighted by Crippen LogP contribution is 2.29. The molecule has 0 N–H and O–H groups in total. The van der Waals surface area contributed by atoms with E-state index < -0.39 is 0 Å². The molecule has 0 spiro atoms. The van der Waals surface area contributed by atoms with Crippen LogP contribution in [-0.2, 0) is 11.2 Å². The van der Waals surface area contributed by atoms with Gasteiger partial charge in [0, 0.05) is 0 Å². The second-order valence-electron chi connectivity index (χ2n) is 3.54. The molecule has 1 heterocycles. The first kappa shape index (κ1) is 8.30. The lowest BCUT2D eigenvalue weighted by Gasteiger charge is -2.18. The second-order valence-corrected chi connectivity index (χ2v) is 3.54. The normalized spacial score (nSPS) is 15.1. The summed E-state index contributed by atoms with van der Waals surface area (Å²) in [5.74, 6) is 0.668. The smallest absolute Gasteiger partial charge is 0.311 e. The van der Waals surface area contributed by atoms with Crippen molar-refractivity contribution in [1.82, 2.24) is 0 Å². The van der Waals surface area contributed by atoms with Crippen molar-refractivity contribution in [2.75, 3.05) is 0 Å². The van der Waals surface area contributed by atoms with Gasteiger partial charge in [0.2, 0.25) is 0 Å². The molecule has 0 saturated heterocycles. The monoisotopic (exact) mass is 176 g/mol. The van der Waals surface area contributed by atoms with Gasteiger partial charge < -0.3 is 4.74 Å². The summed E-state index contributed by atoms with van der Waals surface area (Å²) in [5.41, 5.74) is 3.45. The molecule has 0 aromatic heterocycles. The highest BCUT2D eigenvalue weighted by molar-refractivity contribution is 5.76. The minimum absolute atomic E-state index is 0.112. The van der Waals surface area contributed by atoms with Gasteiger partial charge in [-0.15, -0.1) is 0 Å². The molecule has 0 fully saturated rings. The van der Waals surface area contributed by atoms with E-state index in [2.05, 4.69) is 13.0 Å². The minimum Gasteiger partial charge on any atom is -0.426 e. The fraction of sp³-hybridized carbons (Fsp3) is 0.364. The zero-order valence-corrected chi connectivity index (χ0v) is 7.89. The van der Waals surface area contributed by atoms with Crippen LogP contribution < -0.4 is 4.74 Å². The first-order chi connectivity index (χ1) is 6.16. The summed E-state index contributed by atoms with van der Waals surface area (Å²) < 4.78 is 5.18. The van der Waals surface area contributed by atoms with E-state index in [1.807, 2.05) is 13.0 Å². The van der Waals surface area contributed by atoms with Gasteiger partial charge in [-0.2, -0.15) is 0 Å². The Kier molecular flexibility index (Phi) is 1.83. The predicted molar refractivity (Wildman–Crippen MR) is 49.9 cm³/mol. The number of carbonyl (C=O) groups is 1. The van der Waals surface area contributed by atoms with Gasteiger partial charge in [-0.3, -0.25) is 4.79 Å². The zero-order valence-electron chi connectivity index (χ0n) is 7.89. The van der Waals surface area contributed by atoms with Gasteiger partial charge in [0.1, 0.15) is 5.75 Å². The third-order valence-electron chi connectivity index (χ3n) is 2.31. The third-order valence-corrected chi connectivity index (χ3v) is 2.31. The van der Waals surface area contributed by atoms with E-state index in [-0.39, 0.29) is 5.97 Å². The van der Waals surface area contributed by atoms with Gasteiger partial charge >= 0.3 is 5.97 Å². The number of aryl methyl sites for hydroxylation is 3. The average molecular weight is 176 g/mol. The van der Waals surface area contributed by atoms with Crippen molar-refractivity contribution in [3.05, 3.63) is 28.8 Å². The van der Waals surface area contributed by atoms with Crippen molar-refractivity contribution in [1.29, 1.82) is 0 Å². The van der Waals surface area contributed by atoms with Gasteiger partial charge in [-0.1, -0.05) is 17.7 Å². The van der Waals surface area contributed by atoms with E-state index in [0.29, 0.717) is 6.42 Å². The summed E-state index contributed by atoms with van der Waals surface area (Å²) in [7, 11) is 0. The molecular formula is C11H12O2. The Balaban J connectivity index is 2.53. The Hall–Kier alpha value is -1.31. The number of benzene rings is 1. The number of carbonyl (C=O) groups excluding carboxylic acids is 1. The summed E-state index contributed by atoms with van der Waals surface area (Å²) >= 11 is 0. The lowest BCUT2D eigenvalue weighted by Crippen LogP contribution is -2.16. The van der Waals surface area contributed by atoms with Crippen LogP contribution in [-0.4, -0.2) is 5.97 Å². The summed E-state index contributed by atoms with van der Waals surface area (Å²) in [6, 6.07) is 4.13.